The van der Waals surface area contributed by atoms with Gasteiger partial charge >= 0.3 is 0 Å². The van der Waals surface area contributed by atoms with Gasteiger partial charge in [-0.3, -0.25) is 0 Å². The number of nitrogens with one attached hydrogen (secondary N) is 1. The molecule has 16 heavy (non-hydrogen) atoms. The van der Waals surface area contributed by atoms with E-state index in [2.05, 4.69) is 26.2 Å². The third kappa shape index (κ3) is 2.95. The lowest BCUT2D eigenvalue weighted by atomic mass is 9.86. The molecule has 0 amide bonds. The van der Waals surface area contributed by atoms with Gasteiger partial charge in [-0.1, -0.05) is 0 Å². The summed E-state index contributed by atoms with van der Waals surface area (Å²) >= 11 is 3.46. The topological polar surface area (TPSA) is 45.2 Å². The number of pyridine rings is 1. The van der Waals surface area contributed by atoms with E-state index in [0.29, 0.717) is 0 Å². The van der Waals surface area contributed by atoms with Crippen LogP contribution in [0.15, 0.2) is 16.7 Å². The molecule has 0 fully saturated rings. The maximum atomic E-state index is 10.0. The van der Waals surface area contributed by atoms with Gasteiger partial charge in [0.2, 0.25) is 0 Å². The van der Waals surface area contributed by atoms with Crippen LogP contribution < -0.4 is 5.32 Å². The summed E-state index contributed by atoms with van der Waals surface area (Å²) in [6.45, 7) is 9.44. The first-order chi connectivity index (χ1) is 7.13. The van der Waals surface area contributed by atoms with Crippen LogP contribution in [0.4, 0.5) is 5.82 Å². The fourth-order valence-electron chi connectivity index (χ4n) is 1.07. The maximum absolute atomic E-state index is 10.0. The van der Waals surface area contributed by atoms with Crippen molar-refractivity contribution in [3.63, 3.8) is 0 Å². The Labute approximate surface area is 105 Å². The summed E-state index contributed by atoms with van der Waals surface area (Å²) in [5, 5.41) is 13.3. The quantitative estimate of drug-likeness (QED) is 0.898. The molecule has 4 heteroatoms. The molecule has 2 N–H and O–H groups in total. The van der Waals surface area contributed by atoms with Crippen molar-refractivity contribution in [3.05, 3.63) is 22.3 Å². The molecule has 1 heterocycles. The molecule has 0 saturated carbocycles. The Kier molecular flexibility index (Phi) is 3.65. The monoisotopic (exact) mass is 286 g/mol. The third-order valence-electron chi connectivity index (χ3n) is 2.94. The minimum absolute atomic E-state index is 0.461. The van der Waals surface area contributed by atoms with Gasteiger partial charge < -0.3 is 10.4 Å². The van der Waals surface area contributed by atoms with E-state index in [1.54, 1.807) is 20.0 Å². The lowest BCUT2D eigenvalue weighted by Crippen LogP contribution is -2.51. The van der Waals surface area contributed by atoms with Crippen molar-refractivity contribution < 1.29 is 5.11 Å². The average molecular weight is 287 g/mol. The van der Waals surface area contributed by atoms with Crippen molar-refractivity contribution in [2.24, 2.45) is 0 Å². The highest BCUT2D eigenvalue weighted by atomic mass is 79.9. The molecular formula is C12H19BrN2O. The van der Waals surface area contributed by atoms with Crippen molar-refractivity contribution >= 4 is 21.7 Å². The maximum Gasteiger partial charge on any atom is 0.140 e. The second kappa shape index (κ2) is 4.34. The van der Waals surface area contributed by atoms with E-state index in [-0.39, 0.29) is 0 Å². The van der Waals surface area contributed by atoms with Crippen LogP contribution in [0.3, 0.4) is 0 Å². The lowest BCUT2D eigenvalue weighted by molar-refractivity contribution is 0.0238. The summed E-state index contributed by atoms with van der Waals surface area (Å²) in [7, 11) is 0. The SMILES string of the molecule is Cc1cnc(NC(C)(C)C(C)(C)O)c(Br)c1. The second-order valence-electron chi connectivity index (χ2n) is 5.15. The summed E-state index contributed by atoms with van der Waals surface area (Å²) in [6, 6.07) is 2.00. The molecule has 3 nitrogen and oxygen atoms in total. The van der Waals surface area contributed by atoms with E-state index in [0.717, 1.165) is 15.9 Å². The number of rotatable bonds is 3. The van der Waals surface area contributed by atoms with E-state index in [1.807, 2.05) is 26.8 Å². The van der Waals surface area contributed by atoms with Crippen LogP contribution in [0.25, 0.3) is 0 Å². The number of aryl methyl sites for hydroxylation is 1. The molecule has 0 bridgehead atoms. The van der Waals surface area contributed by atoms with Gasteiger partial charge in [0.05, 0.1) is 15.6 Å². The van der Waals surface area contributed by atoms with Crippen molar-refractivity contribution in [2.75, 3.05) is 5.32 Å². The highest BCUT2D eigenvalue weighted by molar-refractivity contribution is 9.10. The molecule has 1 rings (SSSR count). The number of hydrogen-bond donors (Lipinski definition) is 2. The van der Waals surface area contributed by atoms with Gasteiger partial charge in [-0.05, 0) is 62.2 Å². The fraction of sp³-hybridized carbons (Fsp3) is 0.583. The largest absolute Gasteiger partial charge is 0.388 e. The predicted molar refractivity (Wildman–Crippen MR) is 70.7 cm³/mol. The summed E-state index contributed by atoms with van der Waals surface area (Å²) in [4.78, 5) is 4.31. The number of aliphatic hydroxyl groups is 1. The standard InChI is InChI=1S/C12H19BrN2O/c1-8-6-9(13)10(14-7-8)15-11(2,3)12(4,5)16/h6-7,16H,1-5H3,(H,14,15). The van der Waals surface area contributed by atoms with Crippen molar-refractivity contribution in [2.45, 2.75) is 45.8 Å². The Hall–Kier alpha value is -0.610. The normalized spacial score (nSPS) is 12.7. The molecule has 0 atom stereocenters. The molecule has 90 valence electrons. The summed E-state index contributed by atoms with van der Waals surface area (Å²) in [6.07, 6.45) is 1.80. The zero-order valence-electron chi connectivity index (χ0n) is 10.4. The zero-order valence-corrected chi connectivity index (χ0v) is 12.0. The molecule has 0 aliphatic rings. The van der Waals surface area contributed by atoms with Gasteiger partial charge in [0, 0.05) is 6.20 Å². The molecule has 1 aromatic heterocycles. The lowest BCUT2D eigenvalue weighted by Gasteiger charge is -2.38. The summed E-state index contributed by atoms with van der Waals surface area (Å²) < 4.78 is 0.907. The highest BCUT2D eigenvalue weighted by Crippen LogP contribution is 2.29. The van der Waals surface area contributed by atoms with Crippen LogP contribution in [0.5, 0.6) is 0 Å². The number of hydrogen-bond acceptors (Lipinski definition) is 3. The fourth-order valence-corrected chi connectivity index (χ4v) is 1.64. The molecule has 0 saturated heterocycles. The summed E-state index contributed by atoms with van der Waals surface area (Å²) in [5.41, 5.74) is -0.199. The van der Waals surface area contributed by atoms with E-state index >= 15 is 0 Å². The van der Waals surface area contributed by atoms with Gasteiger partial charge in [0.15, 0.2) is 0 Å². The number of halogens is 1. The Morgan fingerprint density at radius 1 is 1.31 bits per heavy atom. The van der Waals surface area contributed by atoms with Gasteiger partial charge in [-0.15, -0.1) is 0 Å². The first-order valence-electron chi connectivity index (χ1n) is 5.26. The Morgan fingerprint density at radius 3 is 2.31 bits per heavy atom. The van der Waals surface area contributed by atoms with Crippen LogP contribution in [0, 0.1) is 6.92 Å². The smallest absolute Gasteiger partial charge is 0.140 e. The van der Waals surface area contributed by atoms with Crippen molar-refractivity contribution in [1.29, 1.82) is 0 Å². The van der Waals surface area contributed by atoms with Crippen LogP contribution >= 0.6 is 15.9 Å². The first-order valence-corrected chi connectivity index (χ1v) is 6.05. The Balaban J connectivity index is 2.97. The minimum atomic E-state index is -0.834. The molecule has 0 unspecified atom stereocenters. The molecule has 1 aromatic rings. The molecule has 0 aliphatic heterocycles. The van der Waals surface area contributed by atoms with Gasteiger partial charge in [-0.2, -0.15) is 0 Å². The van der Waals surface area contributed by atoms with E-state index in [1.165, 1.54) is 0 Å². The predicted octanol–water partition coefficient (Wildman–Crippen LogP) is 3.11. The van der Waals surface area contributed by atoms with E-state index in [9.17, 15) is 5.11 Å². The van der Waals surface area contributed by atoms with Crippen molar-refractivity contribution in [1.82, 2.24) is 4.98 Å². The molecule has 0 spiro atoms. The second-order valence-corrected chi connectivity index (χ2v) is 6.01. The summed E-state index contributed by atoms with van der Waals surface area (Å²) in [5.74, 6) is 0.748. The molecule has 0 radical (unpaired) electrons. The number of nitrogens with zero attached hydrogens (tertiary/aromatic N) is 1. The number of anilines is 1. The third-order valence-corrected chi connectivity index (χ3v) is 3.54. The Bertz CT molecular complexity index is 383. The van der Waals surface area contributed by atoms with Gasteiger partial charge in [0.25, 0.3) is 0 Å². The van der Waals surface area contributed by atoms with E-state index in [4.69, 9.17) is 0 Å². The van der Waals surface area contributed by atoms with Crippen LogP contribution in [0.2, 0.25) is 0 Å². The van der Waals surface area contributed by atoms with Gasteiger partial charge in [0.1, 0.15) is 5.82 Å². The van der Waals surface area contributed by atoms with Gasteiger partial charge in [-0.25, -0.2) is 4.98 Å². The minimum Gasteiger partial charge on any atom is -0.388 e. The van der Waals surface area contributed by atoms with E-state index < -0.39 is 11.1 Å². The molecular weight excluding hydrogens is 268 g/mol. The highest BCUT2D eigenvalue weighted by Gasteiger charge is 2.35. The number of aromatic nitrogens is 1. The van der Waals surface area contributed by atoms with Crippen LogP contribution in [-0.4, -0.2) is 21.2 Å². The Morgan fingerprint density at radius 2 is 1.88 bits per heavy atom. The van der Waals surface area contributed by atoms with Crippen LogP contribution in [-0.2, 0) is 0 Å². The van der Waals surface area contributed by atoms with Crippen LogP contribution in [0.1, 0.15) is 33.3 Å². The average Bonchev–Trinajstić information content (AvgIpc) is 2.08. The van der Waals surface area contributed by atoms with Crippen molar-refractivity contribution in [3.8, 4) is 0 Å². The molecule has 0 aliphatic carbocycles. The zero-order chi connectivity index (χ0) is 12.6. The first kappa shape index (κ1) is 13.5. The molecule has 0 aromatic carbocycles.